The first-order valence-electron chi connectivity index (χ1n) is 9.20. The lowest BCUT2D eigenvalue weighted by Crippen LogP contribution is -2.32. The summed E-state index contributed by atoms with van der Waals surface area (Å²) in [6, 6.07) is 12.0. The van der Waals surface area contributed by atoms with E-state index in [9.17, 15) is 23.1 Å². The molecule has 0 fully saturated rings. The van der Waals surface area contributed by atoms with Gasteiger partial charge in [0.25, 0.3) is 5.91 Å². The standard InChI is InChI=1S/C21H25F3N2O3/c1-14(10-15-6-8-18(9-7-15)29-13-20(28)25-2)26-12-19(27)16-4-3-5-17(11-16)21(22,23)24/h3-9,11,14,19,26-27H,10,12-13H2,1-2H3,(H,25,28). The van der Waals surface area contributed by atoms with E-state index in [4.69, 9.17) is 4.74 Å². The van der Waals surface area contributed by atoms with Crippen LogP contribution in [0.2, 0.25) is 0 Å². The van der Waals surface area contributed by atoms with Crippen molar-refractivity contribution in [1.82, 2.24) is 10.6 Å². The summed E-state index contributed by atoms with van der Waals surface area (Å²) in [6.45, 7) is 2.01. The van der Waals surface area contributed by atoms with Crippen molar-refractivity contribution < 1.29 is 27.8 Å². The van der Waals surface area contributed by atoms with Crippen molar-refractivity contribution in [2.45, 2.75) is 31.7 Å². The van der Waals surface area contributed by atoms with E-state index in [2.05, 4.69) is 10.6 Å². The lowest BCUT2D eigenvalue weighted by atomic mass is 10.0. The minimum absolute atomic E-state index is 0.00640. The lowest BCUT2D eigenvalue weighted by molar-refractivity contribution is -0.137. The maximum Gasteiger partial charge on any atom is 0.416 e. The van der Waals surface area contributed by atoms with Crippen LogP contribution < -0.4 is 15.4 Å². The molecule has 0 radical (unpaired) electrons. The molecule has 5 nitrogen and oxygen atoms in total. The van der Waals surface area contributed by atoms with Crippen LogP contribution in [0.4, 0.5) is 13.2 Å². The quantitative estimate of drug-likeness (QED) is 0.594. The fourth-order valence-electron chi connectivity index (χ4n) is 2.72. The molecule has 0 aromatic heterocycles. The van der Waals surface area contributed by atoms with Crippen molar-refractivity contribution in [1.29, 1.82) is 0 Å². The Morgan fingerprint density at radius 2 is 1.86 bits per heavy atom. The third-order valence-electron chi connectivity index (χ3n) is 4.37. The lowest BCUT2D eigenvalue weighted by Gasteiger charge is -2.18. The first kappa shape index (κ1) is 22.7. The number of hydrogen-bond acceptors (Lipinski definition) is 4. The number of aliphatic hydroxyl groups excluding tert-OH is 1. The van der Waals surface area contributed by atoms with E-state index in [0.717, 1.165) is 17.7 Å². The highest BCUT2D eigenvalue weighted by molar-refractivity contribution is 5.77. The molecule has 2 aromatic rings. The predicted octanol–water partition coefficient (Wildman–Crippen LogP) is 3.08. The Morgan fingerprint density at radius 3 is 2.48 bits per heavy atom. The highest BCUT2D eigenvalue weighted by Crippen LogP contribution is 2.30. The minimum Gasteiger partial charge on any atom is -0.484 e. The van der Waals surface area contributed by atoms with Crippen molar-refractivity contribution in [2.75, 3.05) is 20.2 Å². The number of ether oxygens (including phenoxy) is 1. The highest BCUT2D eigenvalue weighted by atomic mass is 19.4. The van der Waals surface area contributed by atoms with E-state index in [-0.39, 0.29) is 30.7 Å². The van der Waals surface area contributed by atoms with Gasteiger partial charge in [-0.15, -0.1) is 0 Å². The second-order valence-electron chi connectivity index (χ2n) is 6.76. The van der Waals surface area contributed by atoms with Crippen molar-refractivity contribution in [3.05, 3.63) is 65.2 Å². The van der Waals surface area contributed by atoms with Gasteiger partial charge in [0.05, 0.1) is 11.7 Å². The van der Waals surface area contributed by atoms with Crippen LogP contribution in [0.1, 0.15) is 29.7 Å². The molecule has 2 atom stereocenters. The highest BCUT2D eigenvalue weighted by Gasteiger charge is 2.30. The molecule has 0 aliphatic carbocycles. The van der Waals surface area contributed by atoms with Gasteiger partial charge in [-0.3, -0.25) is 4.79 Å². The van der Waals surface area contributed by atoms with Crippen LogP contribution in [0.25, 0.3) is 0 Å². The summed E-state index contributed by atoms with van der Waals surface area (Å²) in [5.41, 5.74) is 0.462. The van der Waals surface area contributed by atoms with Crippen LogP contribution in [0.15, 0.2) is 48.5 Å². The molecule has 3 N–H and O–H groups in total. The summed E-state index contributed by atoms with van der Waals surface area (Å²) in [6.07, 6.45) is -4.82. The molecule has 0 spiro atoms. The molecule has 158 valence electrons. The molecule has 0 saturated heterocycles. The molecule has 0 bridgehead atoms. The average Bonchev–Trinajstić information content (AvgIpc) is 2.70. The molecular formula is C21H25F3N2O3. The topological polar surface area (TPSA) is 70.6 Å². The van der Waals surface area contributed by atoms with Crippen molar-refractivity contribution in [2.24, 2.45) is 0 Å². The SMILES string of the molecule is CNC(=O)COc1ccc(CC(C)NCC(O)c2cccc(C(F)(F)F)c2)cc1. The Bertz CT molecular complexity index is 795. The second kappa shape index (κ2) is 10.3. The Morgan fingerprint density at radius 1 is 1.17 bits per heavy atom. The summed E-state index contributed by atoms with van der Waals surface area (Å²) in [5.74, 6) is 0.365. The van der Waals surface area contributed by atoms with Gasteiger partial charge >= 0.3 is 6.18 Å². The van der Waals surface area contributed by atoms with Gasteiger partial charge in [-0.25, -0.2) is 0 Å². The molecule has 2 unspecified atom stereocenters. The van der Waals surface area contributed by atoms with Crippen LogP contribution >= 0.6 is 0 Å². The average molecular weight is 410 g/mol. The maximum atomic E-state index is 12.8. The number of aliphatic hydroxyl groups is 1. The van der Waals surface area contributed by atoms with E-state index in [1.807, 2.05) is 19.1 Å². The first-order valence-corrected chi connectivity index (χ1v) is 9.20. The van der Waals surface area contributed by atoms with Gasteiger partial charge in [0.15, 0.2) is 6.61 Å². The van der Waals surface area contributed by atoms with Gasteiger partial charge in [-0.2, -0.15) is 13.2 Å². The summed E-state index contributed by atoms with van der Waals surface area (Å²) in [5, 5.41) is 15.8. The number of carbonyl (C=O) groups is 1. The van der Waals surface area contributed by atoms with Gasteiger partial charge in [0.2, 0.25) is 0 Å². The van der Waals surface area contributed by atoms with E-state index in [0.29, 0.717) is 12.2 Å². The van der Waals surface area contributed by atoms with E-state index < -0.39 is 17.8 Å². The molecular weight excluding hydrogens is 385 g/mol. The van der Waals surface area contributed by atoms with E-state index >= 15 is 0 Å². The number of halogens is 3. The zero-order valence-corrected chi connectivity index (χ0v) is 16.3. The number of amides is 1. The van der Waals surface area contributed by atoms with Crippen LogP contribution in [-0.2, 0) is 17.4 Å². The monoisotopic (exact) mass is 410 g/mol. The van der Waals surface area contributed by atoms with Gasteiger partial charge in [-0.05, 0) is 48.7 Å². The number of rotatable bonds is 9. The summed E-state index contributed by atoms with van der Waals surface area (Å²) in [4.78, 5) is 11.2. The van der Waals surface area contributed by atoms with Crippen LogP contribution in [0.3, 0.4) is 0 Å². The number of hydrogen-bond donors (Lipinski definition) is 3. The van der Waals surface area contributed by atoms with Gasteiger partial charge in [0.1, 0.15) is 5.75 Å². The largest absolute Gasteiger partial charge is 0.484 e. The third-order valence-corrected chi connectivity index (χ3v) is 4.37. The molecule has 2 aromatic carbocycles. The molecule has 1 amide bonds. The van der Waals surface area contributed by atoms with Gasteiger partial charge < -0.3 is 20.5 Å². The number of carbonyl (C=O) groups excluding carboxylic acids is 1. The van der Waals surface area contributed by atoms with Crippen molar-refractivity contribution >= 4 is 5.91 Å². The van der Waals surface area contributed by atoms with Gasteiger partial charge in [-0.1, -0.05) is 24.3 Å². The smallest absolute Gasteiger partial charge is 0.416 e. The minimum atomic E-state index is -4.44. The fraction of sp³-hybridized carbons (Fsp3) is 0.381. The van der Waals surface area contributed by atoms with Gasteiger partial charge in [0, 0.05) is 19.6 Å². The molecule has 29 heavy (non-hydrogen) atoms. The number of benzene rings is 2. The van der Waals surface area contributed by atoms with Crippen LogP contribution in [0, 0.1) is 0 Å². The van der Waals surface area contributed by atoms with Crippen LogP contribution in [0.5, 0.6) is 5.75 Å². The number of likely N-dealkylation sites (N-methyl/N-ethyl adjacent to an activating group) is 1. The molecule has 8 heteroatoms. The molecule has 0 saturated carbocycles. The van der Waals surface area contributed by atoms with Crippen molar-refractivity contribution in [3.8, 4) is 5.75 Å². The summed E-state index contributed by atoms with van der Waals surface area (Å²) >= 11 is 0. The zero-order chi connectivity index (χ0) is 21.4. The molecule has 0 aliphatic rings. The second-order valence-corrected chi connectivity index (χ2v) is 6.76. The third kappa shape index (κ3) is 7.40. The predicted molar refractivity (Wildman–Crippen MR) is 104 cm³/mol. The van der Waals surface area contributed by atoms with E-state index in [1.54, 1.807) is 12.1 Å². The molecule has 0 heterocycles. The Kier molecular flexibility index (Phi) is 8.04. The Hall–Kier alpha value is -2.58. The van der Waals surface area contributed by atoms with Crippen molar-refractivity contribution in [3.63, 3.8) is 0 Å². The maximum absolute atomic E-state index is 12.8. The summed E-state index contributed by atoms with van der Waals surface area (Å²) < 4.78 is 43.7. The number of alkyl halides is 3. The number of nitrogens with one attached hydrogen (secondary N) is 2. The Labute approximate surface area is 167 Å². The Balaban J connectivity index is 1.83. The molecule has 0 aliphatic heterocycles. The zero-order valence-electron chi connectivity index (χ0n) is 16.3. The van der Waals surface area contributed by atoms with Crippen LogP contribution in [-0.4, -0.2) is 37.3 Å². The fourth-order valence-corrected chi connectivity index (χ4v) is 2.72. The molecule has 2 rings (SSSR count). The van der Waals surface area contributed by atoms with E-state index in [1.165, 1.54) is 19.2 Å². The normalized spacial score (nSPS) is 13.6. The summed E-state index contributed by atoms with van der Waals surface area (Å²) in [7, 11) is 1.53. The first-order chi connectivity index (χ1) is 13.7.